The van der Waals surface area contributed by atoms with E-state index in [2.05, 4.69) is 21.4 Å². The van der Waals surface area contributed by atoms with Gasteiger partial charge in [-0.3, -0.25) is 9.97 Å². The zero-order chi connectivity index (χ0) is 22.2. The lowest BCUT2D eigenvalue weighted by Crippen LogP contribution is -2.33. The Morgan fingerprint density at radius 3 is 2.66 bits per heavy atom. The van der Waals surface area contributed by atoms with Gasteiger partial charge in [-0.05, 0) is 56.6 Å². The lowest BCUT2D eigenvalue weighted by molar-refractivity contribution is 0.266. The Bertz CT molecular complexity index is 1110. The summed E-state index contributed by atoms with van der Waals surface area (Å²) in [7, 11) is 0. The zero-order valence-electron chi connectivity index (χ0n) is 18.9. The Balaban J connectivity index is 1.68. The predicted octanol–water partition coefficient (Wildman–Crippen LogP) is 6.22. The molecule has 2 aliphatic rings. The molecule has 1 aliphatic carbocycles. The van der Waals surface area contributed by atoms with Crippen LogP contribution in [0.4, 0.5) is 10.3 Å². The second kappa shape index (κ2) is 8.97. The molecule has 5 nitrogen and oxygen atoms in total. The normalized spacial score (nSPS) is 23.9. The first kappa shape index (κ1) is 21.6. The molecule has 0 bridgehead atoms. The number of nitrogens with zero attached hydrogens (tertiary/aromatic N) is 5. The molecule has 170 valence electrons. The highest BCUT2D eigenvalue weighted by Crippen LogP contribution is 2.37. The molecule has 0 spiro atoms. The van der Waals surface area contributed by atoms with Gasteiger partial charge in [0.1, 0.15) is 6.67 Å². The van der Waals surface area contributed by atoms with Gasteiger partial charge >= 0.3 is 0 Å². The average molecular weight is 456 g/mol. The van der Waals surface area contributed by atoms with E-state index in [1.807, 2.05) is 25.3 Å². The van der Waals surface area contributed by atoms with E-state index in [0.717, 1.165) is 65.8 Å². The van der Waals surface area contributed by atoms with Crippen LogP contribution in [0.25, 0.3) is 22.3 Å². The first-order valence-electron chi connectivity index (χ1n) is 11.8. The van der Waals surface area contributed by atoms with Crippen molar-refractivity contribution in [2.75, 3.05) is 18.1 Å². The second-order valence-corrected chi connectivity index (χ2v) is 10.1. The molecule has 3 aromatic heterocycles. The van der Waals surface area contributed by atoms with E-state index in [4.69, 9.17) is 21.6 Å². The van der Waals surface area contributed by atoms with Crippen LogP contribution in [0.2, 0.25) is 5.02 Å². The summed E-state index contributed by atoms with van der Waals surface area (Å²) < 4.78 is 16.2. The fraction of sp³-hybridized carbons (Fsp3) is 0.560. The molecule has 0 amide bonds. The molecule has 2 fully saturated rings. The fourth-order valence-electron chi connectivity index (χ4n) is 5.43. The maximum Gasteiger partial charge on any atom is 0.206 e. The summed E-state index contributed by atoms with van der Waals surface area (Å²) in [4.78, 5) is 16.5. The number of hydrogen-bond acceptors (Lipinski definition) is 4. The summed E-state index contributed by atoms with van der Waals surface area (Å²) in [5, 5.41) is 0.587. The standard InChI is InChI=1S/C25H31ClFN5/c1-16-5-7-18(8-6-16)15-32-24-22(30-25(32)31-9-3-4-21(31)12-27)10-17(2)29-23(24)19-11-20(26)14-28-13-19/h10-11,13-14,16,18,21H,3-9,12,15H2,1-2H3/t16?,18?,21-/m0/s1. The molecule has 0 radical (unpaired) electrons. The van der Waals surface area contributed by atoms with Crippen LogP contribution in [-0.2, 0) is 6.54 Å². The molecular formula is C25H31ClFN5. The zero-order valence-corrected chi connectivity index (χ0v) is 19.7. The van der Waals surface area contributed by atoms with Crippen molar-refractivity contribution < 1.29 is 4.39 Å². The molecular weight excluding hydrogens is 425 g/mol. The number of hydrogen-bond donors (Lipinski definition) is 0. The molecule has 1 saturated heterocycles. The van der Waals surface area contributed by atoms with Crippen molar-refractivity contribution in [1.82, 2.24) is 19.5 Å². The molecule has 4 heterocycles. The number of pyridine rings is 2. The quantitative estimate of drug-likeness (QED) is 0.458. The van der Waals surface area contributed by atoms with E-state index in [-0.39, 0.29) is 12.7 Å². The molecule has 1 aliphatic heterocycles. The van der Waals surface area contributed by atoms with Gasteiger partial charge in [0.2, 0.25) is 5.95 Å². The van der Waals surface area contributed by atoms with Crippen LogP contribution in [-0.4, -0.2) is 38.8 Å². The molecule has 32 heavy (non-hydrogen) atoms. The lowest BCUT2D eigenvalue weighted by Gasteiger charge is -2.29. The maximum absolute atomic E-state index is 13.9. The summed E-state index contributed by atoms with van der Waals surface area (Å²) in [6.45, 7) is 5.73. The van der Waals surface area contributed by atoms with E-state index >= 15 is 0 Å². The smallest absolute Gasteiger partial charge is 0.206 e. The van der Waals surface area contributed by atoms with Crippen molar-refractivity contribution in [3.05, 3.63) is 35.2 Å². The Morgan fingerprint density at radius 1 is 1.09 bits per heavy atom. The minimum Gasteiger partial charge on any atom is -0.337 e. The monoisotopic (exact) mass is 455 g/mol. The molecule has 1 atom stereocenters. The van der Waals surface area contributed by atoms with E-state index in [1.165, 1.54) is 25.7 Å². The number of alkyl halides is 1. The molecule has 5 rings (SSSR count). The SMILES string of the molecule is Cc1cc2nc(N3CCC[C@H]3CF)n(CC3CCC(C)CC3)c2c(-c2cncc(Cl)c2)n1. The highest BCUT2D eigenvalue weighted by molar-refractivity contribution is 6.30. The van der Waals surface area contributed by atoms with Crippen molar-refractivity contribution in [2.24, 2.45) is 11.8 Å². The number of rotatable bonds is 5. The van der Waals surface area contributed by atoms with E-state index in [9.17, 15) is 4.39 Å². The minimum atomic E-state index is -0.341. The van der Waals surface area contributed by atoms with Gasteiger partial charge in [0, 0.05) is 36.7 Å². The first-order valence-corrected chi connectivity index (χ1v) is 12.2. The van der Waals surface area contributed by atoms with Crippen LogP contribution < -0.4 is 4.90 Å². The van der Waals surface area contributed by atoms with E-state index in [1.54, 1.807) is 6.20 Å². The van der Waals surface area contributed by atoms with Crippen molar-refractivity contribution in [2.45, 2.75) is 65.0 Å². The third kappa shape index (κ3) is 4.09. The van der Waals surface area contributed by atoms with Gasteiger partial charge in [0.15, 0.2) is 0 Å². The van der Waals surface area contributed by atoms with Crippen molar-refractivity contribution in [3.63, 3.8) is 0 Å². The third-order valence-corrected chi connectivity index (χ3v) is 7.41. The number of aryl methyl sites for hydroxylation is 1. The lowest BCUT2D eigenvalue weighted by atomic mass is 9.83. The van der Waals surface area contributed by atoms with Gasteiger partial charge in [-0.2, -0.15) is 0 Å². The molecule has 0 aromatic carbocycles. The maximum atomic E-state index is 13.9. The predicted molar refractivity (Wildman–Crippen MR) is 128 cm³/mol. The highest BCUT2D eigenvalue weighted by Gasteiger charge is 2.31. The molecule has 0 N–H and O–H groups in total. The number of fused-ring (bicyclic) bond motifs is 1. The molecule has 7 heteroatoms. The summed E-state index contributed by atoms with van der Waals surface area (Å²) in [6.07, 6.45) is 10.3. The van der Waals surface area contributed by atoms with Crippen molar-refractivity contribution >= 4 is 28.6 Å². The Morgan fingerprint density at radius 2 is 1.91 bits per heavy atom. The second-order valence-electron chi connectivity index (χ2n) is 9.66. The topological polar surface area (TPSA) is 46.8 Å². The van der Waals surface area contributed by atoms with Crippen LogP contribution in [0.3, 0.4) is 0 Å². The molecule has 3 aromatic rings. The summed E-state index contributed by atoms with van der Waals surface area (Å²) in [5.41, 5.74) is 4.57. The third-order valence-electron chi connectivity index (χ3n) is 7.20. The average Bonchev–Trinajstić information content (AvgIpc) is 3.39. The van der Waals surface area contributed by atoms with Gasteiger partial charge in [-0.15, -0.1) is 0 Å². The largest absolute Gasteiger partial charge is 0.337 e. The Kier molecular flexibility index (Phi) is 6.06. The van der Waals surface area contributed by atoms with E-state index < -0.39 is 0 Å². The van der Waals surface area contributed by atoms with Gasteiger partial charge in [-0.25, -0.2) is 9.37 Å². The first-order chi connectivity index (χ1) is 15.5. The summed E-state index contributed by atoms with van der Waals surface area (Å²) in [5.74, 6) is 2.29. The number of aromatic nitrogens is 4. The Labute approximate surface area is 194 Å². The van der Waals surface area contributed by atoms with Crippen molar-refractivity contribution in [3.8, 4) is 11.3 Å². The highest BCUT2D eigenvalue weighted by atomic mass is 35.5. The number of anilines is 1. The van der Waals surface area contributed by atoms with Crippen LogP contribution in [0.15, 0.2) is 24.5 Å². The Hall–Kier alpha value is -2.21. The van der Waals surface area contributed by atoms with E-state index in [0.29, 0.717) is 10.9 Å². The minimum absolute atomic E-state index is 0.0951. The van der Waals surface area contributed by atoms with Crippen molar-refractivity contribution in [1.29, 1.82) is 0 Å². The van der Waals surface area contributed by atoms with Gasteiger partial charge in [0.05, 0.1) is 27.8 Å². The number of halogens is 2. The van der Waals surface area contributed by atoms with Gasteiger partial charge in [0.25, 0.3) is 0 Å². The fourth-order valence-corrected chi connectivity index (χ4v) is 5.61. The molecule has 1 saturated carbocycles. The van der Waals surface area contributed by atoms with Crippen LogP contribution in [0.5, 0.6) is 0 Å². The van der Waals surface area contributed by atoms with Crippen LogP contribution >= 0.6 is 11.6 Å². The molecule has 0 unspecified atom stereocenters. The summed E-state index contributed by atoms with van der Waals surface area (Å²) in [6, 6.07) is 3.86. The summed E-state index contributed by atoms with van der Waals surface area (Å²) >= 11 is 6.28. The number of imidazole rings is 1. The van der Waals surface area contributed by atoms with Crippen LogP contribution in [0.1, 0.15) is 51.1 Å². The van der Waals surface area contributed by atoms with Crippen LogP contribution in [0, 0.1) is 18.8 Å². The van der Waals surface area contributed by atoms with Gasteiger partial charge in [-0.1, -0.05) is 31.4 Å². The van der Waals surface area contributed by atoms with Gasteiger partial charge < -0.3 is 9.47 Å².